The fourth-order valence-electron chi connectivity index (χ4n) is 1.51. The summed E-state index contributed by atoms with van der Waals surface area (Å²) in [5.74, 6) is 0.984. The minimum atomic E-state index is 0.788. The number of hydrogen-bond donors (Lipinski definition) is 2. The molecule has 2 rings (SSSR count). The van der Waals surface area contributed by atoms with Crippen molar-refractivity contribution in [3.05, 3.63) is 33.8 Å². The summed E-state index contributed by atoms with van der Waals surface area (Å²) >= 11 is 1.68. The number of nitrogens with zero attached hydrogens (tertiary/aromatic N) is 2. The van der Waals surface area contributed by atoms with Crippen LogP contribution in [0.1, 0.15) is 29.1 Å². The first-order valence-electron chi connectivity index (χ1n) is 5.42. The third-order valence-corrected chi connectivity index (χ3v) is 3.08. The fourth-order valence-corrected chi connectivity index (χ4v) is 2.12. The summed E-state index contributed by atoms with van der Waals surface area (Å²) in [6.45, 7) is 5.93. The van der Waals surface area contributed by atoms with Crippen LogP contribution in [0.5, 0.6) is 0 Å². The van der Waals surface area contributed by atoms with Crippen molar-refractivity contribution in [3.63, 3.8) is 0 Å². The number of hydrogen-bond acceptors (Lipinski definition) is 4. The van der Waals surface area contributed by atoms with Crippen molar-refractivity contribution in [1.82, 2.24) is 20.3 Å². The van der Waals surface area contributed by atoms with E-state index in [1.807, 2.05) is 13.1 Å². The second kappa shape index (κ2) is 5.23. The van der Waals surface area contributed by atoms with E-state index in [0.717, 1.165) is 41.7 Å². The summed E-state index contributed by atoms with van der Waals surface area (Å²) in [5, 5.41) is 6.45. The van der Waals surface area contributed by atoms with Gasteiger partial charge in [0.1, 0.15) is 5.82 Å². The monoisotopic (exact) mass is 236 g/mol. The Bertz CT molecular complexity index is 446. The summed E-state index contributed by atoms with van der Waals surface area (Å²) in [6.07, 6.45) is 2.67. The van der Waals surface area contributed by atoms with Gasteiger partial charge in [-0.15, -0.1) is 11.3 Å². The first kappa shape index (κ1) is 11.3. The van der Waals surface area contributed by atoms with E-state index in [1.165, 1.54) is 0 Å². The van der Waals surface area contributed by atoms with Crippen LogP contribution in [0.4, 0.5) is 0 Å². The van der Waals surface area contributed by atoms with E-state index in [4.69, 9.17) is 0 Å². The molecule has 2 aromatic heterocycles. The Hall–Kier alpha value is -1.20. The number of aromatic amines is 1. The molecule has 0 saturated heterocycles. The highest BCUT2D eigenvalue weighted by Crippen LogP contribution is 2.11. The zero-order chi connectivity index (χ0) is 11.4. The van der Waals surface area contributed by atoms with Gasteiger partial charge in [0, 0.05) is 30.2 Å². The number of nitrogens with one attached hydrogen (secondary N) is 2. The van der Waals surface area contributed by atoms with Crippen LogP contribution in [0, 0.1) is 6.92 Å². The molecule has 86 valence electrons. The normalized spacial score (nSPS) is 10.9. The Balaban J connectivity index is 1.97. The predicted molar refractivity (Wildman–Crippen MR) is 65.6 cm³/mol. The highest BCUT2D eigenvalue weighted by Gasteiger charge is 2.04. The second-order valence-corrected chi connectivity index (χ2v) is 4.73. The largest absolute Gasteiger partial charge is 0.344 e. The third kappa shape index (κ3) is 2.90. The summed E-state index contributed by atoms with van der Waals surface area (Å²) in [7, 11) is 0. The molecule has 0 saturated carbocycles. The highest BCUT2D eigenvalue weighted by molar-refractivity contribution is 7.09. The van der Waals surface area contributed by atoms with Gasteiger partial charge in [0.15, 0.2) is 0 Å². The molecule has 0 aliphatic rings. The van der Waals surface area contributed by atoms with Crippen LogP contribution < -0.4 is 5.32 Å². The molecular formula is C11H16N4S. The smallest absolute Gasteiger partial charge is 0.112 e. The van der Waals surface area contributed by atoms with E-state index < -0.39 is 0 Å². The Morgan fingerprint density at radius 3 is 3.06 bits per heavy atom. The summed E-state index contributed by atoms with van der Waals surface area (Å²) in [6, 6.07) is 0. The van der Waals surface area contributed by atoms with Crippen LogP contribution in [-0.4, -0.2) is 21.5 Å². The number of aryl methyl sites for hydroxylation is 1. The fraction of sp³-hybridized carbons (Fsp3) is 0.455. The molecule has 0 aromatic carbocycles. The average Bonchev–Trinajstić information content (AvgIpc) is 2.86. The summed E-state index contributed by atoms with van der Waals surface area (Å²) in [4.78, 5) is 12.1. The van der Waals surface area contributed by atoms with E-state index in [0.29, 0.717) is 0 Å². The van der Waals surface area contributed by atoms with Crippen LogP contribution >= 0.6 is 11.3 Å². The van der Waals surface area contributed by atoms with E-state index in [-0.39, 0.29) is 0 Å². The van der Waals surface area contributed by atoms with E-state index >= 15 is 0 Å². The maximum atomic E-state index is 4.42. The Morgan fingerprint density at radius 1 is 1.50 bits per heavy atom. The number of H-pyrrole nitrogens is 1. The third-order valence-electron chi connectivity index (χ3n) is 2.26. The average molecular weight is 236 g/mol. The number of rotatable bonds is 5. The second-order valence-electron chi connectivity index (χ2n) is 3.67. The van der Waals surface area contributed by atoms with Gasteiger partial charge in [-0.05, 0) is 13.5 Å². The van der Waals surface area contributed by atoms with Crippen molar-refractivity contribution in [3.8, 4) is 0 Å². The van der Waals surface area contributed by atoms with Crippen LogP contribution in [-0.2, 0) is 13.0 Å². The van der Waals surface area contributed by atoms with E-state index in [9.17, 15) is 0 Å². The molecule has 2 heterocycles. The lowest BCUT2D eigenvalue weighted by Gasteiger charge is -1.96. The lowest BCUT2D eigenvalue weighted by molar-refractivity contribution is 0.712. The zero-order valence-electron chi connectivity index (χ0n) is 9.58. The molecule has 0 aliphatic carbocycles. The van der Waals surface area contributed by atoms with Gasteiger partial charge < -0.3 is 10.3 Å². The van der Waals surface area contributed by atoms with Gasteiger partial charge in [-0.1, -0.05) is 6.92 Å². The maximum absolute atomic E-state index is 4.42. The van der Waals surface area contributed by atoms with Crippen molar-refractivity contribution in [2.24, 2.45) is 0 Å². The van der Waals surface area contributed by atoms with Gasteiger partial charge >= 0.3 is 0 Å². The van der Waals surface area contributed by atoms with Crippen molar-refractivity contribution in [2.75, 3.05) is 6.54 Å². The molecule has 16 heavy (non-hydrogen) atoms. The first-order valence-corrected chi connectivity index (χ1v) is 6.30. The first-order chi connectivity index (χ1) is 7.78. The Kier molecular flexibility index (Phi) is 3.69. The SMILES string of the molecule is CCNCc1cnc(Cc2csc(C)n2)[nH]1. The zero-order valence-corrected chi connectivity index (χ0v) is 10.4. The molecule has 4 nitrogen and oxygen atoms in total. The topological polar surface area (TPSA) is 53.6 Å². The van der Waals surface area contributed by atoms with Crippen molar-refractivity contribution >= 4 is 11.3 Å². The van der Waals surface area contributed by atoms with Crippen molar-refractivity contribution in [2.45, 2.75) is 26.8 Å². The molecule has 0 fully saturated rings. The van der Waals surface area contributed by atoms with Gasteiger partial charge in [0.05, 0.1) is 10.7 Å². The molecule has 0 amide bonds. The van der Waals surface area contributed by atoms with Crippen molar-refractivity contribution in [1.29, 1.82) is 0 Å². The van der Waals surface area contributed by atoms with Crippen molar-refractivity contribution < 1.29 is 0 Å². The summed E-state index contributed by atoms with van der Waals surface area (Å²) < 4.78 is 0. The lowest BCUT2D eigenvalue weighted by atomic mass is 10.3. The van der Waals surface area contributed by atoms with Gasteiger partial charge in [0.25, 0.3) is 0 Å². The minimum absolute atomic E-state index is 0.788. The number of thiazole rings is 1. The summed E-state index contributed by atoms with van der Waals surface area (Å²) in [5.41, 5.74) is 2.22. The molecule has 0 spiro atoms. The van der Waals surface area contributed by atoms with Crippen LogP contribution in [0.15, 0.2) is 11.6 Å². The Labute approximate surface area is 99.2 Å². The molecular weight excluding hydrogens is 220 g/mol. The Morgan fingerprint density at radius 2 is 2.38 bits per heavy atom. The number of aromatic nitrogens is 3. The molecule has 0 unspecified atom stereocenters. The predicted octanol–water partition coefficient (Wildman–Crippen LogP) is 1.87. The molecule has 0 radical (unpaired) electrons. The minimum Gasteiger partial charge on any atom is -0.344 e. The molecule has 0 bridgehead atoms. The lowest BCUT2D eigenvalue weighted by Crippen LogP contribution is -2.11. The van der Waals surface area contributed by atoms with Gasteiger partial charge in [-0.2, -0.15) is 0 Å². The highest BCUT2D eigenvalue weighted by atomic mass is 32.1. The van der Waals surface area contributed by atoms with E-state index in [2.05, 4.69) is 32.6 Å². The molecule has 0 atom stereocenters. The van der Waals surface area contributed by atoms with Crippen LogP contribution in [0.3, 0.4) is 0 Å². The van der Waals surface area contributed by atoms with Gasteiger partial charge in [0.2, 0.25) is 0 Å². The van der Waals surface area contributed by atoms with E-state index in [1.54, 1.807) is 11.3 Å². The molecule has 0 aliphatic heterocycles. The number of imidazole rings is 1. The quantitative estimate of drug-likeness (QED) is 0.833. The molecule has 5 heteroatoms. The van der Waals surface area contributed by atoms with Crippen LogP contribution in [0.2, 0.25) is 0 Å². The van der Waals surface area contributed by atoms with Crippen LogP contribution in [0.25, 0.3) is 0 Å². The molecule has 2 N–H and O–H groups in total. The van der Waals surface area contributed by atoms with Gasteiger partial charge in [-0.3, -0.25) is 0 Å². The standard InChI is InChI=1S/C11H16N4S/c1-3-12-5-10-6-13-11(15-10)4-9-7-16-8(2)14-9/h6-7,12H,3-5H2,1-2H3,(H,13,15). The van der Waals surface area contributed by atoms with Gasteiger partial charge in [-0.25, -0.2) is 9.97 Å². The maximum Gasteiger partial charge on any atom is 0.112 e. The molecule has 2 aromatic rings.